The van der Waals surface area contributed by atoms with E-state index in [1.165, 1.54) is 11.8 Å². The molecule has 2 amide bonds. The number of benzene rings is 2. The Morgan fingerprint density at radius 1 is 1.04 bits per heavy atom. The molecule has 2 aromatic rings. The number of carbonyl (C=O) groups excluding carboxylic acids is 2. The van der Waals surface area contributed by atoms with E-state index < -0.39 is 0 Å². The Bertz CT molecular complexity index is 756. The molecule has 0 aliphatic carbocycles. The second-order valence-electron chi connectivity index (χ2n) is 6.37. The zero-order valence-electron chi connectivity index (χ0n) is 15.5. The third-order valence-electron chi connectivity index (χ3n) is 4.43. The minimum atomic E-state index is -0.172. The van der Waals surface area contributed by atoms with E-state index in [2.05, 4.69) is 0 Å². The molecular formula is C21H24N2O4. The number of amides is 2. The lowest BCUT2D eigenvalue weighted by molar-refractivity contribution is -0.134. The molecule has 1 aliphatic rings. The van der Waals surface area contributed by atoms with Crippen molar-refractivity contribution in [2.45, 2.75) is 13.5 Å². The van der Waals surface area contributed by atoms with Crippen molar-refractivity contribution in [1.82, 2.24) is 4.90 Å². The van der Waals surface area contributed by atoms with Crippen LogP contribution in [0.2, 0.25) is 0 Å². The van der Waals surface area contributed by atoms with Crippen LogP contribution in [0.15, 0.2) is 54.6 Å². The summed E-state index contributed by atoms with van der Waals surface area (Å²) in [5.41, 5.74) is 1.76. The fourth-order valence-corrected chi connectivity index (χ4v) is 2.90. The third-order valence-corrected chi connectivity index (χ3v) is 4.43. The highest BCUT2D eigenvalue weighted by Crippen LogP contribution is 2.21. The molecule has 0 bridgehead atoms. The predicted octanol–water partition coefficient (Wildman–Crippen LogP) is 2.48. The van der Waals surface area contributed by atoms with Gasteiger partial charge in [-0.25, -0.2) is 0 Å². The van der Waals surface area contributed by atoms with Gasteiger partial charge < -0.3 is 19.3 Å². The number of rotatable bonds is 6. The molecule has 1 heterocycles. The molecule has 2 aromatic carbocycles. The van der Waals surface area contributed by atoms with Crippen molar-refractivity contribution < 1.29 is 19.1 Å². The zero-order valence-corrected chi connectivity index (χ0v) is 15.5. The quantitative estimate of drug-likeness (QED) is 0.786. The maximum Gasteiger partial charge on any atom is 0.242 e. The minimum Gasteiger partial charge on any atom is -0.489 e. The van der Waals surface area contributed by atoms with Crippen LogP contribution in [0.5, 0.6) is 5.75 Å². The number of morpholine rings is 1. The van der Waals surface area contributed by atoms with Gasteiger partial charge in [-0.1, -0.05) is 30.3 Å². The Hall–Kier alpha value is -2.86. The van der Waals surface area contributed by atoms with Crippen LogP contribution in [0.1, 0.15) is 12.5 Å². The first-order valence-electron chi connectivity index (χ1n) is 9.04. The van der Waals surface area contributed by atoms with Gasteiger partial charge in [0.05, 0.1) is 13.2 Å². The second-order valence-corrected chi connectivity index (χ2v) is 6.37. The lowest BCUT2D eigenvalue weighted by atomic mass is 10.2. The Labute approximate surface area is 159 Å². The number of hydrogen-bond acceptors (Lipinski definition) is 4. The molecule has 0 spiro atoms. The molecule has 1 fully saturated rings. The van der Waals surface area contributed by atoms with E-state index in [1.54, 1.807) is 17.0 Å². The normalized spacial score (nSPS) is 13.9. The van der Waals surface area contributed by atoms with Gasteiger partial charge in [0.25, 0.3) is 0 Å². The fraction of sp³-hybridized carbons (Fsp3) is 0.333. The van der Waals surface area contributed by atoms with Gasteiger partial charge in [-0.2, -0.15) is 0 Å². The molecule has 1 saturated heterocycles. The van der Waals surface area contributed by atoms with Crippen LogP contribution in [0.25, 0.3) is 0 Å². The average molecular weight is 368 g/mol. The molecule has 27 heavy (non-hydrogen) atoms. The van der Waals surface area contributed by atoms with Crippen LogP contribution >= 0.6 is 0 Å². The van der Waals surface area contributed by atoms with Crippen molar-refractivity contribution in [2.75, 3.05) is 37.7 Å². The summed E-state index contributed by atoms with van der Waals surface area (Å²) in [6.45, 7) is 4.18. The summed E-state index contributed by atoms with van der Waals surface area (Å²) in [4.78, 5) is 27.7. The van der Waals surface area contributed by atoms with Gasteiger partial charge >= 0.3 is 0 Å². The Balaban J connectivity index is 1.61. The van der Waals surface area contributed by atoms with Gasteiger partial charge in [0, 0.05) is 25.7 Å². The molecule has 142 valence electrons. The van der Waals surface area contributed by atoms with E-state index in [-0.39, 0.29) is 18.4 Å². The first-order valence-corrected chi connectivity index (χ1v) is 9.04. The first kappa shape index (κ1) is 18.9. The maximum atomic E-state index is 12.5. The number of hydrogen-bond donors (Lipinski definition) is 0. The highest BCUT2D eigenvalue weighted by Gasteiger charge is 2.22. The van der Waals surface area contributed by atoms with Crippen molar-refractivity contribution in [3.05, 3.63) is 60.2 Å². The summed E-state index contributed by atoms with van der Waals surface area (Å²) in [6.07, 6.45) is 0. The van der Waals surface area contributed by atoms with E-state index >= 15 is 0 Å². The van der Waals surface area contributed by atoms with Gasteiger partial charge in [0.15, 0.2) is 0 Å². The van der Waals surface area contributed by atoms with Gasteiger partial charge in [0.1, 0.15) is 18.9 Å². The van der Waals surface area contributed by atoms with Crippen molar-refractivity contribution >= 4 is 17.5 Å². The van der Waals surface area contributed by atoms with E-state index in [1.807, 2.05) is 42.5 Å². The van der Waals surface area contributed by atoms with Gasteiger partial charge in [-0.05, 0) is 29.8 Å². The number of nitrogens with zero attached hydrogens (tertiary/aromatic N) is 2. The molecule has 0 atom stereocenters. The highest BCUT2D eigenvalue weighted by atomic mass is 16.5. The molecule has 0 radical (unpaired) electrons. The van der Waals surface area contributed by atoms with E-state index in [4.69, 9.17) is 9.47 Å². The van der Waals surface area contributed by atoms with Crippen LogP contribution in [-0.2, 0) is 20.9 Å². The van der Waals surface area contributed by atoms with Crippen LogP contribution < -0.4 is 9.64 Å². The number of ether oxygens (including phenoxy) is 2. The van der Waals surface area contributed by atoms with E-state index in [0.717, 1.165) is 5.56 Å². The Morgan fingerprint density at radius 3 is 2.33 bits per heavy atom. The second kappa shape index (κ2) is 9.19. The van der Waals surface area contributed by atoms with E-state index in [9.17, 15) is 9.59 Å². The Morgan fingerprint density at radius 2 is 1.70 bits per heavy atom. The molecule has 1 aliphatic heterocycles. The van der Waals surface area contributed by atoms with Crippen LogP contribution in [0.3, 0.4) is 0 Å². The van der Waals surface area contributed by atoms with Gasteiger partial charge in [-0.15, -0.1) is 0 Å². The monoisotopic (exact) mass is 368 g/mol. The zero-order chi connectivity index (χ0) is 19.1. The number of carbonyl (C=O) groups is 2. The fourth-order valence-electron chi connectivity index (χ4n) is 2.90. The van der Waals surface area contributed by atoms with Crippen molar-refractivity contribution in [3.8, 4) is 5.75 Å². The average Bonchev–Trinajstić information content (AvgIpc) is 2.72. The molecule has 0 aromatic heterocycles. The molecule has 6 nitrogen and oxygen atoms in total. The molecule has 6 heteroatoms. The summed E-state index contributed by atoms with van der Waals surface area (Å²) in [6, 6.07) is 17.1. The SMILES string of the molecule is CC(=O)N(CC(=O)N1CCOCC1)c1ccc(OCc2ccccc2)cc1. The highest BCUT2D eigenvalue weighted by molar-refractivity contribution is 5.97. The summed E-state index contributed by atoms with van der Waals surface area (Å²) >= 11 is 0. The van der Waals surface area contributed by atoms with Crippen LogP contribution in [0.4, 0.5) is 5.69 Å². The first-order chi connectivity index (χ1) is 13.1. The summed E-state index contributed by atoms with van der Waals surface area (Å²) in [5.74, 6) is 0.470. The maximum absolute atomic E-state index is 12.5. The summed E-state index contributed by atoms with van der Waals surface area (Å²) < 4.78 is 11.0. The molecule has 0 N–H and O–H groups in total. The van der Waals surface area contributed by atoms with Crippen molar-refractivity contribution in [3.63, 3.8) is 0 Å². The Kier molecular flexibility index (Phi) is 6.44. The smallest absolute Gasteiger partial charge is 0.242 e. The van der Waals surface area contributed by atoms with Gasteiger partial charge in [0.2, 0.25) is 11.8 Å². The lowest BCUT2D eigenvalue weighted by Gasteiger charge is -2.29. The van der Waals surface area contributed by atoms with Crippen LogP contribution in [-0.4, -0.2) is 49.6 Å². The van der Waals surface area contributed by atoms with Crippen LogP contribution in [0, 0.1) is 0 Å². The molecule has 0 saturated carbocycles. The minimum absolute atomic E-state index is 0.0273. The number of anilines is 1. The molecule has 3 rings (SSSR count). The largest absolute Gasteiger partial charge is 0.489 e. The van der Waals surface area contributed by atoms with Crippen molar-refractivity contribution in [2.24, 2.45) is 0 Å². The summed E-state index contributed by atoms with van der Waals surface area (Å²) in [5, 5.41) is 0. The van der Waals surface area contributed by atoms with E-state index in [0.29, 0.717) is 44.3 Å². The predicted molar refractivity (Wildman–Crippen MR) is 103 cm³/mol. The van der Waals surface area contributed by atoms with Crippen molar-refractivity contribution in [1.29, 1.82) is 0 Å². The third kappa shape index (κ3) is 5.31. The summed E-state index contributed by atoms with van der Waals surface area (Å²) in [7, 11) is 0. The molecule has 0 unspecified atom stereocenters. The topological polar surface area (TPSA) is 59.1 Å². The molecular weight excluding hydrogens is 344 g/mol. The lowest BCUT2D eigenvalue weighted by Crippen LogP contribution is -2.46. The van der Waals surface area contributed by atoms with Gasteiger partial charge in [-0.3, -0.25) is 9.59 Å². The standard InChI is InChI=1S/C21H24N2O4/c1-17(24)23(15-21(25)22-11-13-26-14-12-22)19-7-9-20(10-8-19)27-16-18-5-3-2-4-6-18/h2-10H,11-16H2,1H3.